The topological polar surface area (TPSA) is 69.4 Å². The minimum Gasteiger partial charge on any atom is -0.393 e. The predicted octanol–water partition coefficient (Wildman–Crippen LogP) is 1.65. The van der Waals surface area contributed by atoms with E-state index >= 15 is 0 Å². The molecule has 0 saturated heterocycles. The van der Waals surface area contributed by atoms with E-state index in [1.54, 1.807) is 12.1 Å². The van der Waals surface area contributed by atoms with Crippen molar-refractivity contribution in [3.8, 4) is 0 Å². The van der Waals surface area contributed by atoms with Crippen molar-refractivity contribution in [1.82, 2.24) is 0 Å². The second-order valence-electron chi connectivity index (χ2n) is 5.32. The molecule has 116 valence electrons. The molecule has 0 aromatic heterocycles. The Morgan fingerprint density at radius 1 is 1.43 bits per heavy atom. The number of hydrogen-bond donors (Lipinski definition) is 1. The number of nitrogens with two attached hydrogens (primary N) is 1. The molecule has 7 heteroatoms. The molecule has 21 heavy (non-hydrogen) atoms. The molecule has 3 atom stereocenters. The van der Waals surface area contributed by atoms with Crippen LogP contribution in [0.1, 0.15) is 18.4 Å². The first kappa shape index (κ1) is 16.3. The zero-order valence-electron chi connectivity index (χ0n) is 11.9. The Morgan fingerprint density at radius 2 is 2.00 bits per heavy atom. The van der Waals surface area contributed by atoms with Crippen molar-refractivity contribution in [2.24, 2.45) is 11.1 Å². The second-order valence-corrected chi connectivity index (χ2v) is 7.93. The SMILES string of the molecule is CCOC[C@]1(C(N)=S)[C@H](c2ccc(F)cc2)[C@H]1S(C)(=O)=O. The molecule has 1 aromatic carbocycles. The molecule has 0 aliphatic heterocycles. The average molecular weight is 331 g/mol. The zero-order chi connectivity index (χ0) is 15.8. The number of benzene rings is 1. The number of hydrogen-bond acceptors (Lipinski definition) is 4. The average Bonchev–Trinajstić information content (AvgIpc) is 3.08. The summed E-state index contributed by atoms with van der Waals surface area (Å²) in [5.41, 5.74) is 5.63. The van der Waals surface area contributed by atoms with Crippen molar-refractivity contribution in [3.05, 3.63) is 35.6 Å². The van der Waals surface area contributed by atoms with Crippen LogP contribution in [0.25, 0.3) is 0 Å². The van der Waals surface area contributed by atoms with Gasteiger partial charge in [-0.2, -0.15) is 0 Å². The van der Waals surface area contributed by atoms with Crippen LogP contribution in [0.2, 0.25) is 0 Å². The standard InChI is InChI=1S/C14H18FNO3S2/c1-3-19-8-14(13(16)20)11(12(14)21(2,17)18)9-4-6-10(15)7-5-9/h4-7,11-12H,3,8H2,1-2H3,(H2,16,20)/t11-,12-,14+/m1/s1. The molecule has 1 fully saturated rings. The third-order valence-electron chi connectivity index (χ3n) is 3.95. The van der Waals surface area contributed by atoms with Gasteiger partial charge in [-0.1, -0.05) is 24.4 Å². The second kappa shape index (κ2) is 5.62. The molecule has 0 heterocycles. The van der Waals surface area contributed by atoms with Gasteiger partial charge in [-0.15, -0.1) is 0 Å². The fourth-order valence-electron chi connectivity index (χ4n) is 2.98. The van der Waals surface area contributed by atoms with Gasteiger partial charge in [0.05, 0.1) is 22.3 Å². The lowest BCUT2D eigenvalue weighted by Crippen LogP contribution is -2.33. The first-order valence-corrected chi connectivity index (χ1v) is 8.93. The lowest BCUT2D eigenvalue weighted by atomic mass is 10.00. The number of rotatable bonds is 6. The molecule has 0 radical (unpaired) electrons. The van der Waals surface area contributed by atoms with Crippen LogP contribution in [0.4, 0.5) is 4.39 Å². The minimum absolute atomic E-state index is 0.126. The van der Waals surface area contributed by atoms with E-state index in [0.717, 1.165) is 0 Å². The van der Waals surface area contributed by atoms with Gasteiger partial charge in [0.25, 0.3) is 0 Å². The van der Waals surface area contributed by atoms with E-state index in [1.165, 1.54) is 18.4 Å². The lowest BCUT2D eigenvalue weighted by Gasteiger charge is -2.16. The molecular formula is C14H18FNO3S2. The quantitative estimate of drug-likeness (QED) is 0.803. The number of thiocarbonyl (C=S) groups is 1. The van der Waals surface area contributed by atoms with E-state index in [1.807, 2.05) is 6.92 Å². The summed E-state index contributed by atoms with van der Waals surface area (Å²) in [5.74, 6) is -0.766. The molecule has 0 spiro atoms. The number of halogens is 1. The van der Waals surface area contributed by atoms with Gasteiger partial charge in [0.2, 0.25) is 0 Å². The molecule has 0 unspecified atom stereocenters. The minimum atomic E-state index is -3.36. The first-order valence-electron chi connectivity index (χ1n) is 6.57. The van der Waals surface area contributed by atoms with E-state index < -0.39 is 26.4 Å². The Balaban J connectivity index is 2.46. The molecular weight excluding hydrogens is 313 g/mol. The zero-order valence-corrected chi connectivity index (χ0v) is 13.5. The normalized spacial score (nSPS) is 28.3. The summed E-state index contributed by atoms with van der Waals surface area (Å²) < 4.78 is 42.6. The van der Waals surface area contributed by atoms with Gasteiger partial charge in [0, 0.05) is 18.8 Å². The first-order chi connectivity index (χ1) is 9.75. The maximum absolute atomic E-state index is 13.1. The summed E-state index contributed by atoms with van der Waals surface area (Å²) in [7, 11) is -3.36. The summed E-state index contributed by atoms with van der Waals surface area (Å²) >= 11 is 5.12. The van der Waals surface area contributed by atoms with Crippen molar-refractivity contribution in [2.45, 2.75) is 18.1 Å². The van der Waals surface area contributed by atoms with Gasteiger partial charge in [-0.3, -0.25) is 0 Å². The molecule has 1 aliphatic rings. The van der Waals surface area contributed by atoms with Crippen LogP contribution >= 0.6 is 12.2 Å². The van der Waals surface area contributed by atoms with E-state index in [9.17, 15) is 12.8 Å². The molecule has 4 nitrogen and oxygen atoms in total. The largest absolute Gasteiger partial charge is 0.393 e. The van der Waals surface area contributed by atoms with Gasteiger partial charge < -0.3 is 10.5 Å². The molecule has 1 aromatic rings. The third-order valence-corrected chi connectivity index (χ3v) is 5.95. The van der Waals surface area contributed by atoms with E-state index in [2.05, 4.69) is 0 Å². The Labute approximate surface area is 129 Å². The predicted molar refractivity (Wildman–Crippen MR) is 83.5 cm³/mol. The highest BCUT2D eigenvalue weighted by Gasteiger charge is 2.71. The van der Waals surface area contributed by atoms with Crippen LogP contribution in [0, 0.1) is 11.2 Å². The van der Waals surface area contributed by atoms with Crippen LogP contribution in [0.15, 0.2) is 24.3 Å². The van der Waals surface area contributed by atoms with Gasteiger partial charge in [0.1, 0.15) is 5.82 Å². The summed E-state index contributed by atoms with van der Waals surface area (Å²) in [6.07, 6.45) is 1.17. The Bertz CT molecular complexity index is 645. The highest BCUT2D eigenvalue weighted by atomic mass is 32.2. The van der Waals surface area contributed by atoms with Gasteiger partial charge >= 0.3 is 0 Å². The van der Waals surface area contributed by atoms with E-state index in [0.29, 0.717) is 12.2 Å². The number of ether oxygens (including phenoxy) is 1. The Kier molecular flexibility index (Phi) is 4.37. The van der Waals surface area contributed by atoms with Crippen molar-refractivity contribution in [1.29, 1.82) is 0 Å². The third kappa shape index (κ3) is 2.82. The van der Waals surface area contributed by atoms with E-state index in [4.69, 9.17) is 22.7 Å². The molecule has 2 N–H and O–H groups in total. The van der Waals surface area contributed by atoms with Gasteiger partial charge in [-0.05, 0) is 24.6 Å². The van der Waals surface area contributed by atoms with Gasteiger partial charge in [0.15, 0.2) is 9.84 Å². The molecule has 0 bridgehead atoms. The van der Waals surface area contributed by atoms with Crippen molar-refractivity contribution < 1.29 is 17.5 Å². The maximum atomic E-state index is 13.1. The van der Waals surface area contributed by atoms with Crippen LogP contribution in [-0.2, 0) is 14.6 Å². The Hall–Kier alpha value is -1.05. The fourth-order valence-corrected chi connectivity index (χ4v) is 5.29. The molecule has 0 amide bonds. The number of sulfone groups is 1. The van der Waals surface area contributed by atoms with Crippen LogP contribution in [-0.4, -0.2) is 38.1 Å². The Morgan fingerprint density at radius 3 is 2.43 bits per heavy atom. The highest BCUT2D eigenvalue weighted by molar-refractivity contribution is 7.92. The molecule has 1 saturated carbocycles. The smallest absolute Gasteiger partial charge is 0.152 e. The summed E-state index contributed by atoms with van der Waals surface area (Å²) in [4.78, 5) is 0.126. The summed E-state index contributed by atoms with van der Waals surface area (Å²) in [5, 5.41) is -0.723. The maximum Gasteiger partial charge on any atom is 0.152 e. The monoisotopic (exact) mass is 331 g/mol. The summed E-state index contributed by atoms with van der Waals surface area (Å²) in [6, 6.07) is 5.75. The van der Waals surface area contributed by atoms with Crippen molar-refractivity contribution in [2.75, 3.05) is 19.5 Å². The lowest BCUT2D eigenvalue weighted by molar-refractivity contribution is 0.121. The van der Waals surface area contributed by atoms with Gasteiger partial charge in [-0.25, -0.2) is 12.8 Å². The highest BCUT2D eigenvalue weighted by Crippen LogP contribution is 2.63. The van der Waals surface area contributed by atoms with Crippen molar-refractivity contribution in [3.63, 3.8) is 0 Å². The van der Waals surface area contributed by atoms with Crippen LogP contribution in [0.5, 0.6) is 0 Å². The van der Waals surface area contributed by atoms with Crippen LogP contribution in [0.3, 0.4) is 0 Å². The molecule has 1 aliphatic carbocycles. The van der Waals surface area contributed by atoms with Crippen molar-refractivity contribution >= 4 is 27.0 Å². The summed E-state index contributed by atoms with van der Waals surface area (Å²) in [6.45, 7) is 2.41. The molecule has 2 rings (SSSR count). The fraction of sp³-hybridized carbons (Fsp3) is 0.500. The van der Waals surface area contributed by atoms with E-state index in [-0.39, 0.29) is 17.4 Å². The van der Waals surface area contributed by atoms with Crippen LogP contribution < -0.4 is 5.73 Å².